The molecule has 3 rings (SSSR count). The van der Waals surface area contributed by atoms with E-state index in [4.69, 9.17) is 11.6 Å². The Balaban J connectivity index is 0.00000132. The molecule has 0 unspecified atom stereocenters. The van der Waals surface area contributed by atoms with Crippen molar-refractivity contribution < 1.29 is 4.74 Å². The summed E-state index contributed by atoms with van der Waals surface area (Å²) in [6, 6.07) is 15.0. The van der Waals surface area contributed by atoms with Crippen LogP contribution in [0, 0.1) is 5.21 Å². The molecule has 0 atom stereocenters. The predicted octanol–water partition coefficient (Wildman–Crippen LogP) is 3.79. The number of aliphatic imine (C=N–C) groups is 1. The van der Waals surface area contributed by atoms with Gasteiger partial charge in [0.25, 0.3) is 0 Å². The molecular formula is C16H16Cl3N3O. The third kappa shape index (κ3) is 3.96. The second-order valence-corrected chi connectivity index (χ2v) is 5.16. The number of hydrogen-bond donors (Lipinski definition) is 1. The average Bonchev–Trinajstić information content (AvgIpc) is 2.63. The van der Waals surface area contributed by atoms with E-state index in [1.54, 1.807) is 19.2 Å². The van der Waals surface area contributed by atoms with Crippen molar-refractivity contribution >= 4 is 53.6 Å². The van der Waals surface area contributed by atoms with Crippen molar-refractivity contribution in [1.82, 2.24) is 5.32 Å². The van der Waals surface area contributed by atoms with E-state index in [1.165, 1.54) is 0 Å². The highest BCUT2D eigenvalue weighted by Gasteiger charge is 2.24. The molecule has 0 amide bonds. The molecule has 0 radical (unpaired) electrons. The zero-order chi connectivity index (χ0) is 14.8. The summed E-state index contributed by atoms with van der Waals surface area (Å²) in [5, 5.41) is 16.1. The lowest BCUT2D eigenvalue weighted by Crippen LogP contribution is -2.29. The van der Waals surface area contributed by atoms with Crippen LogP contribution in [0.2, 0.25) is 5.02 Å². The van der Waals surface area contributed by atoms with Crippen LogP contribution in [0.4, 0.5) is 5.69 Å². The van der Waals surface area contributed by atoms with Gasteiger partial charge in [0.2, 0.25) is 12.3 Å². The Morgan fingerprint density at radius 3 is 2.48 bits per heavy atom. The van der Waals surface area contributed by atoms with Gasteiger partial charge in [-0.1, -0.05) is 29.8 Å². The first kappa shape index (κ1) is 19.3. The van der Waals surface area contributed by atoms with Crippen LogP contribution in [-0.4, -0.2) is 29.9 Å². The quantitative estimate of drug-likeness (QED) is 0.611. The molecule has 4 nitrogen and oxygen atoms in total. The Kier molecular flexibility index (Phi) is 6.88. The van der Waals surface area contributed by atoms with Gasteiger partial charge in [0.15, 0.2) is 5.84 Å². The number of amidine groups is 1. The lowest BCUT2D eigenvalue weighted by Gasteiger charge is -2.10. The molecule has 2 aromatic rings. The molecular weight excluding hydrogens is 357 g/mol. The van der Waals surface area contributed by atoms with Gasteiger partial charge in [-0.15, -0.1) is 24.8 Å². The Morgan fingerprint density at radius 1 is 1.13 bits per heavy atom. The van der Waals surface area contributed by atoms with Gasteiger partial charge in [-0.25, -0.2) is 4.99 Å². The van der Waals surface area contributed by atoms with Gasteiger partial charge in [-0.3, -0.25) is 0 Å². The van der Waals surface area contributed by atoms with Crippen LogP contribution in [0.25, 0.3) is 0 Å². The lowest BCUT2D eigenvalue weighted by atomic mass is 10.0. The minimum absolute atomic E-state index is 0. The number of benzene rings is 2. The van der Waals surface area contributed by atoms with Crippen LogP contribution >= 0.6 is 36.4 Å². The third-order valence-corrected chi connectivity index (χ3v) is 3.58. The van der Waals surface area contributed by atoms with Gasteiger partial charge in [-0.2, -0.15) is 4.74 Å². The van der Waals surface area contributed by atoms with Gasteiger partial charge >= 0.3 is 0 Å². The average molecular weight is 373 g/mol. The number of nitrogens with one attached hydrogen (secondary N) is 1. The summed E-state index contributed by atoms with van der Waals surface area (Å²) in [6.07, 6.45) is 0. The minimum atomic E-state index is 0. The summed E-state index contributed by atoms with van der Waals surface area (Å²) in [6.45, 7) is 0.174. The van der Waals surface area contributed by atoms with E-state index < -0.39 is 0 Å². The summed E-state index contributed by atoms with van der Waals surface area (Å²) in [5.41, 5.74) is 2.92. The molecule has 0 spiro atoms. The van der Waals surface area contributed by atoms with Crippen molar-refractivity contribution in [3.63, 3.8) is 0 Å². The molecule has 0 fully saturated rings. The molecule has 0 saturated carbocycles. The van der Waals surface area contributed by atoms with Crippen LogP contribution in [-0.2, 0) is 0 Å². The zero-order valence-electron chi connectivity index (χ0n) is 12.3. The van der Waals surface area contributed by atoms with Gasteiger partial charge < -0.3 is 10.5 Å². The van der Waals surface area contributed by atoms with E-state index in [2.05, 4.69) is 10.3 Å². The largest absolute Gasteiger partial charge is 0.623 e. The highest BCUT2D eigenvalue weighted by Crippen LogP contribution is 2.27. The number of rotatable bonds is 1. The first-order chi connectivity index (χ1) is 10.2. The summed E-state index contributed by atoms with van der Waals surface area (Å²) in [7, 11) is 1.76. The molecule has 23 heavy (non-hydrogen) atoms. The van der Waals surface area contributed by atoms with Gasteiger partial charge in [0.1, 0.15) is 0 Å². The molecule has 1 N–H and O–H groups in total. The van der Waals surface area contributed by atoms with Gasteiger partial charge in [0, 0.05) is 17.6 Å². The number of hydrogen-bond acceptors (Lipinski definition) is 3. The lowest BCUT2D eigenvalue weighted by molar-refractivity contribution is -0.439. The summed E-state index contributed by atoms with van der Waals surface area (Å²) in [4.78, 5) is 4.51. The Bertz CT molecular complexity index is 745. The van der Waals surface area contributed by atoms with Crippen molar-refractivity contribution in [2.75, 3.05) is 13.6 Å². The highest BCUT2D eigenvalue weighted by atomic mass is 35.5. The summed E-state index contributed by atoms with van der Waals surface area (Å²) in [5.74, 6) is 0.625. The molecule has 0 saturated heterocycles. The van der Waals surface area contributed by atoms with Crippen molar-refractivity contribution in [3.8, 4) is 0 Å². The number of halogens is 3. The summed E-state index contributed by atoms with van der Waals surface area (Å²) >= 11 is 6.10. The molecule has 0 bridgehead atoms. The second kappa shape index (κ2) is 8.20. The van der Waals surface area contributed by atoms with Crippen molar-refractivity contribution in [1.29, 1.82) is 0 Å². The predicted molar refractivity (Wildman–Crippen MR) is 100 cm³/mol. The minimum Gasteiger partial charge on any atom is -0.623 e. The van der Waals surface area contributed by atoms with E-state index in [-0.39, 0.29) is 31.4 Å². The topological polar surface area (TPSA) is 50.5 Å². The van der Waals surface area contributed by atoms with Crippen LogP contribution in [0.15, 0.2) is 53.5 Å². The molecule has 1 heterocycles. The van der Waals surface area contributed by atoms with Crippen LogP contribution in [0.1, 0.15) is 11.1 Å². The van der Waals surface area contributed by atoms with Crippen molar-refractivity contribution in [2.24, 2.45) is 4.99 Å². The fourth-order valence-electron chi connectivity index (χ4n) is 2.36. The number of likely N-dealkylation sites (N-methyl/N-ethyl adjacent to an activating group) is 1. The molecule has 1 aliphatic rings. The molecule has 0 aliphatic carbocycles. The number of hydroxylamine groups is 1. The molecule has 2 aromatic carbocycles. The first-order valence-electron chi connectivity index (χ1n) is 6.61. The number of fused-ring (bicyclic) bond motifs is 1. The Morgan fingerprint density at radius 2 is 1.83 bits per heavy atom. The van der Waals surface area contributed by atoms with Gasteiger partial charge in [-0.05, 0) is 30.3 Å². The highest BCUT2D eigenvalue weighted by molar-refractivity contribution is 6.31. The van der Waals surface area contributed by atoms with Crippen LogP contribution in [0.5, 0.6) is 0 Å². The maximum atomic E-state index is 12.6. The fourth-order valence-corrected chi connectivity index (χ4v) is 2.53. The van der Waals surface area contributed by atoms with E-state index in [9.17, 15) is 5.21 Å². The van der Waals surface area contributed by atoms with E-state index >= 15 is 0 Å². The fraction of sp³-hybridized carbons (Fsp3) is 0.125. The first-order valence-corrected chi connectivity index (χ1v) is 6.99. The molecule has 1 aliphatic heterocycles. The Hall–Kier alpha value is -1.75. The van der Waals surface area contributed by atoms with Crippen molar-refractivity contribution in [3.05, 3.63) is 69.9 Å². The smallest absolute Gasteiger partial charge is 0.228 e. The van der Waals surface area contributed by atoms with Crippen LogP contribution < -0.4 is 5.32 Å². The van der Waals surface area contributed by atoms with E-state index in [0.717, 1.165) is 21.6 Å². The second-order valence-electron chi connectivity index (χ2n) is 4.72. The van der Waals surface area contributed by atoms with E-state index in [1.807, 2.05) is 36.4 Å². The number of nitrogens with zero attached hydrogens (tertiary/aromatic N) is 2. The summed E-state index contributed by atoms with van der Waals surface area (Å²) < 4.78 is 0.951. The SMILES string of the molecule is CNC1=Nc2ccc(Cl)cc2C(c2ccccc2)=[N+]([O-])C1.Cl.Cl. The monoisotopic (exact) mass is 371 g/mol. The van der Waals surface area contributed by atoms with Crippen molar-refractivity contribution in [2.45, 2.75) is 0 Å². The Labute approximate surface area is 152 Å². The third-order valence-electron chi connectivity index (χ3n) is 3.35. The maximum absolute atomic E-state index is 12.6. The van der Waals surface area contributed by atoms with Crippen LogP contribution in [0.3, 0.4) is 0 Å². The standard InChI is InChI=1S/C16H14ClN3O.2ClH/c1-18-15-10-20(21)16(11-5-3-2-4-6-11)13-9-12(17)7-8-14(13)19-15;;/h2-9H,10H2,1H3,(H,18,19);2*1H. The van der Waals surface area contributed by atoms with E-state index in [0.29, 0.717) is 16.6 Å². The molecule has 7 heteroatoms. The maximum Gasteiger partial charge on any atom is 0.228 e. The molecule has 122 valence electrons. The zero-order valence-corrected chi connectivity index (χ0v) is 14.7. The normalized spacial score (nSPS) is 13.0. The van der Waals surface area contributed by atoms with Gasteiger partial charge in [0.05, 0.1) is 11.3 Å². The molecule has 0 aromatic heterocycles.